The Labute approximate surface area is 96.6 Å². The number of nitrogens with one attached hydrogen (secondary N) is 1. The fourth-order valence-corrected chi connectivity index (χ4v) is 1.59. The van der Waals surface area contributed by atoms with Crippen LogP contribution in [0.4, 0.5) is 15.8 Å². The number of rotatable bonds is 3. The van der Waals surface area contributed by atoms with Gasteiger partial charge in [-0.05, 0) is 25.8 Å². The molecule has 0 atom stereocenters. The normalized spacial score (nSPS) is 16.9. The zero-order valence-electron chi connectivity index (χ0n) is 8.59. The van der Waals surface area contributed by atoms with Crippen LogP contribution in [-0.2, 0) is 0 Å². The van der Waals surface area contributed by atoms with Gasteiger partial charge < -0.3 is 5.32 Å². The van der Waals surface area contributed by atoms with Gasteiger partial charge in [0.15, 0.2) is 0 Å². The van der Waals surface area contributed by atoms with Crippen molar-refractivity contribution in [2.75, 3.05) is 5.32 Å². The minimum atomic E-state index is -0.778. The molecule has 16 heavy (non-hydrogen) atoms. The third kappa shape index (κ3) is 2.09. The molecule has 0 radical (unpaired) electrons. The van der Waals surface area contributed by atoms with Crippen molar-refractivity contribution in [3.63, 3.8) is 0 Å². The fraction of sp³-hybridized carbons (Fsp3) is 0.400. The summed E-state index contributed by atoms with van der Waals surface area (Å²) in [7, 11) is 0. The van der Waals surface area contributed by atoms with Gasteiger partial charge in [0.25, 0.3) is 5.69 Å². The molecular formula is C10H10ClFN2O2. The Morgan fingerprint density at radius 3 is 2.69 bits per heavy atom. The van der Waals surface area contributed by atoms with Crippen LogP contribution in [0.25, 0.3) is 0 Å². The predicted octanol–water partition coefficient (Wildman–Crippen LogP) is 3.35. The van der Waals surface area contributed by atoms with E-state index in [-0.39, 0.29) is 21.9 Å². The monoisotopic (exact) mass is 244 g/mol. The minimum Gasteiger partial charge on any atom is -0.374 e. The standard InChI is InChI=1S/C10H10ClFN2O2/c1-10(2-3-10)13-8-4-6(11)7(12)5-9(8)14(15)16/h4-5,13H,2-3H2,1H3. The van der Waals surface area contributed by atoms with E-state index in [4.69, 9.17) is 11.6 Å². The quantitative estimate of drug-likeness (QED) is 0.655. The Morgan fingerprint density at radius 1 is 1.56 bits per heavy atom. The fourth-order valence-electron chi connectivity index (χ4n) is 1.43. The average Bonchev–Trinajstić information content (AvgIpc) is 2.89. The highest BCUT2D eigenvalue weighted by Gasteiger charge is 2.38. The maximum atomic E-state index is 13.1. The van der Waals surface area contributed by atoms with Crippen molar-refractivity contribution in [3.05, 3.63) is 33.1 Å². The lowest BCUT2D eigenvalue weighted by molar-refractivity contribution is -0.384. The van der Waals surface area contributed by atoms with Crippen LogP contribution >= 0.6 is 11.6 Å². The van der Waals surface area contributed by atoms with E-state index in [0.29, 0.717) is 0 Å². The van der Waals surface area contributed by atoms with Gasteiger partial charge in [-0.15, -0.1) is 0 Å². The van der Waals surface area contributed by atoms with Crippen molar-refractivity contribution >= 4 is 23.0 Å². The molecule has 0 saturated heterocycles. The Bertz CT molecular complexity index is 460. The molecule has 0 bridgehead atoms. The van der Waals surface area contributed by atoms with Crippen LogP contribution in [-0.4, -0.2) is 10.5 Å². The van der Waals surface area contributed by atoms with Gasteiger partial charge in [0.1, 0.15) is 11.5 Å². The van der Waals surface area contributed by atoms with E-state index in [9.17, 15) is 14.5 Å². The molecule has 86 valence electrons. The van der Waals surface area contributed by atoms with E-state index in [1.165, 1.54) is 6.07 Å². The second-order valence-electron chi connectivity index (χ2n) is 4.23. The van der Waals surface area contributed by atoms with Gasteiger partial charge in [0.05, 0.1) is 16.0 Å². The van der Waals surface area contributed by atoms with Gasteiger partial charge in [-0.2, -0.15) is 0 Å². The van der Waals surface area contributed by atoms with Crippen molar-refractivity contribution in [2.24, 2.45) is 0 Å². The second kappa shape index (κ2) is 3.59. The summed E-state index contributed by atoms with van der Waals surface area (Å²) in [5.74, 6) is -0.778. The largest absolute Gasteiger partial charge is 0.374 e. The molecule has 0 amide bonds. The zero-order chi connectivity index (χ0) is 11.9. The molecule has 0 unspecified atom stereocenters. The van der Waals surface area contributed by atoms with Crippen LogP contribution in [0.2, 0.25) is 5.02 Å². The molecule has 1 aliphatic carbocycles. The molecule has 1 fully saturated rings. The third-order valence-electron chi connectivity index (χ3n) is 2.67. The van der Waals surface area contributed by atoms with Crippen LogP contribution in [0.5, 0.6) is 0 Å². The summed E-state index contributed by atoms with van der Waals surface area (Å²) in [5, 5.41) is 13.7. The number of hydrogen-bond donors (Lipinski definition) is 1. The molecule has 0 spiro atoms. The Morgan fingerprint density at radius 2 is 2.19 bits per heavy atom. The Balaban J connectivity index is 2.41. The van der Waals surface area contributed by atoms with Crippen molar-refractivity contribution in [3.8, 4) is 0 Å². The number of halogens is 2. The highest BCUT2D eigenvalue weighted by Crippen LogP contribution is 2.41. The molecule has 0 aromatic heterocycles. The van der Waals surface area contributed by atoms with E-state index in [0.717, 1.165) is 18.9 Å². The lowest BCUT2D eigenvalue weighted by atomic mass is 10.2. The number of anilines is 1. The summed E-state index contributed by atoms with van der Waals surface area (Å²) in [4.78, 5) is 10.1. The molecule has 0 heterocycles. The summed E-state index contributed by atoms with van der Waals surface area (Å²) < 4.78 is 13.1. The van der Waals surface area contributed by atoms with E-state index in [1.807, 2.05) is 6.92 Å². The summed E-state index contributed by atoms with van der Waals surface area (Å²) in [6.45, 7) is 1.95. The Hall–Kier alpha value is -1.36. The number of hydrogen-bond acceptors (Lipinski definition) is 3. The van der Waals surface area contributed by atoms with Crippen molar-refractivity contribution in [2.45, 2.75) is 25.3 Å². The first-order valence-corrected chi connectivity index (χ1v) is 5.21. The second-order valence-corrected chi connectivity index (χ2v) is 4.63. The van der Waals surface area contributed by atoms with E-state index in [1.54, 1.807) is 0 Å². The van der Waals surface area contributed by atoms with Crippen LogP contribution in [0.1, 0.15) is 19.8 Å². The summed E-state index contributed by atoms with van der Waals surface area (Å²) >= 11 is 5.60. The number of benzene rings is 1. The summed E-state index contributed by atoms with van der Waals surface area (Å²) in [5.41, 5.74) is -0.127. The maximum absolute atomic E-state index is 13.1. The SMILES string of the molecule is CC1(Nc2cc(Cl)c(F)cc2[N+](=O)[O-])CC1. The summed E-state index contributed by atoms with van der Waals surface area (Å²) in [6.07, 6.45) is 1.89. The highest BCUT2D eigenvalue weighted by atomic mass is 35.5. The molecular weight excluding hydrogens is 235 g/mol. The molecule has 6 heteroatoms. The maximum Gasteiger partial charge on any atom is 0.295 e. The lowest BCUT2D eigenvalue weighted by Gasteiger charge is -2.13. The van der Waals surface area contributed by atoms with E-state index < -0.39 is 10.7 Å². The molecule has 0 aliphatic heterocycles. The first kappa shape index (κ1) is 11.1. The molecule has 1 saturated carbocycles. The number of nitro benzene ring substituents is 1. The zero-order valence-corrected chi connectivity index (χ0v) is 9.34. The molecule has 1 aromatic rings. The number of nitro groups is 1. The lowest BCUT2D eigenvalue weighted by Crippen LogP contribution is -2.17. The molecule has 2 rings (SSSR count). The Kier molecular flexibility index (Phi) is 2.50. The minimum absolute atomic E-state index is 0.114. The van der Waals surface area contributed by atoms with Crippen molar-refractivity contribution in [1.82, 2.24) is 0 Å². The first-order chi connectivity index (χ1) is 7.41. The van der Waals surface area contributed by atoms with Gasteiger partial charge in [-0.3, -0.25) is 10.1 Å². The van der Waals surface area contributed by atoms with Crippen LogP contribution in [0.3, 0.4) is 0 Å². The number of nitrogens with zero attached hydrogens (tertiary/aromatic N) is 1. The highest BCUT2D eigenvalue weighted by molar-refractivity contribution is 6.31. The van der Waals surface area contributed by atoms with Crippen molar-refractivity contribution in [1.29, 1.82) is 0 Å². The van der Waals surface area contributed by atoms with Crippen LogP contribution in [0, 0.1) is 15.9 Å². The summed E-state index contributed by atoms with van der Waals surface area (Å²) in [6, 6.07) is 2.11. The van der Waals surface area contributed by atoms with Gasteiger partial charge in [0, 0.05) is 5.54 Å². The first-order valence-electron chi connectivity index (χ1n) is 4.83. The molecule has 1 aliphatic rings. The van der Waals surface area contributed by atoms with E-state index in [2.05, 4.69) is 5.32 Å². The van der Waals surface area contributed by atoms with Gasteiger partial charge in [-0.25, -0.2) is 4.39 Å². The van der Waals surface area contributed by atoms with Crippen LogP contribution in [0.15, 0.2) is 12.1 Å². The third-order valence-corrected chi connectivity index (χ3v) is 2.96. The topological polar surface area (TPSA) is 55.2 Å². The van der Waals surface area contributed by atoms with Gasteiger partial charge >= 0.3 is 0 Å². The van der Waals surface area contributed by atoms with Gasteiger partial charge in [-0.1, -0.05) is 11.6 Å². The molecule has 1 N–H and O–H groups in total. The average molecular weight is 245 g/mol. The smallest absolute Gasteiger partial charge is 0.295 e. The predicted molar refractivity (Wildman–Crippen MR) is 59.3 cm³/mol. The molecule has 1 aromatic carbocycles. The molecule has 4 nitrogen and oxygen atoms in total. The van der Waals surface area contributed by atoms with Crippen molar-refractivity contribution < 1.29 is 9.31 Å². The van der Waals surface area contributed by atoms with Crippen LogP contribution < -0.4 is 5.32 Å². The van der Waals surface area contributed by atoms with E-state index >= 15 is 0 Å². The van der Waals surface area contributed by atoms with Gasteiger partial charge in [0.2, 0.25) is 0 Å².